The highest BCUT2D eigenvalue weighted by atomic mass is 35.5. The zero-order valence-electron chi connectivity index (χ0n) is 18.8. The van der Waals surface area contributed by atoms with Crippen LogP contribution in [0.2, 0.25) is 5.02 Å². The first kappa shape index (κ1) is 24.3. The summed E-state index contributed by atoms with van der Waals surface area (Å²) in [5.74, 6) is -0.896. The van der Waals surface area contributed by atoms with Crippen molar-refractivity contribution >= 4 is 34.0 Å². The Balaban J connectivity index is 1.55. The van der Waals surface area contributed by atoms with Gasteiger partial charge in [-0.1, -0.05) is 35.9 Å². The van der Waals surface area contributed by atoms with E-state index in [0.29, 0.717) is 21.1 Å². The first-order valence-electron chi connectivity index (χ1n) is 10.7. The summed E-state index contributed by atoms with van der Waals surface area (Å²) in [4.78, 5) is 22.3. The van der Waals surface area contributed by atoms with Crippen LogP contribution < -0.4 is 5.32 Å². The van der Waals surface area contributed by atoms with Crippen molar-refractivity contribution in [2.45, 2.75) is 19.2 Å². The molecule has 1 amide bonds. The molecule has 0 aliphatic carbocycles. The van der Waals surface area contributed by atoms with Gasteiger partial charge in [-0.15, -0.1) is 4.80 Å². The fourth-order valence-corrected chi connectivity index (χ4v) is 4.08. The summed E-state index contributed by atoms with van der Waals surface area (Å²) in [6, 6.07) is 7.86. The van der Waals surface area contributed by atoms with Crippen LogP contribution in [-0.2, 0) is 6.18 Å². The second kappa shape index (κ2) is 9.26. The number of aliphatic hydroxyl groups is 1. The molecule has 188 valence electrons. The van der Waals surface area contributed by atoms with Gasteiger partial charge >= 0.3 is 6.18 Å². The van der Waals surface area contributed by atoms with Gasteiger partial charge in [0.1, 0.15) is 0 Å². The molecular weight excluding hydrogens is 513 g/mol. The molecular formula is C23H16ClF3N8O2. The topological polar surface area (TPSA) is 124 Å². The van der Waals surface area contributed by atoms with E-state index in [-0.39, 0.29) is 22.2 Å². The average Bonchev–Trinajstić information content (AvgIpc) is 3.54. The minimum Gasteiger partial charge on any atom is -0.387 e. The zero-order valence-corrected chi connectivity index (χ0v) is 19.6. The normalized spacial score (nSPS) is 12.6. The van der Waals surface area contributed by atoms with Gasteiger partial charge in [0, 0.05) is 10.8 Å². The minimum atomic E-state index is -4.95. The number of aromatic nitrogens is 7. The van der Waals surface area contributed by atoms with Crippen molar-refractivity contribution in [2.75, 3.05) is 5.32 Å². The number of fused-ring (bicyclic) bond motifs is 1. The number of hydrogen-bond acceptors (Lipinski definition) is 7. The largest absolute Gasteiger partial charge is 0.434 e. The summed E-state index contributed by atoms with van der Waals surface area (Å²) < 4.78 is 43.4. The van der Waals surface area contributed by atoms with Crippen LogP contribution in [0, 0.1) is 0 Å². The number of pyridine rings is 2. The van der Waals surface area contributed by atoms with Gasteiger partial charge in [-0.05, 0) is 13.0 Å². The molecule has 0 bridgehead atoms. The molecule has 10 nitrogen and oxygen atoms in total. The quantitative estimate of drug-likeness (QED) is 0.347. The molecule has 5 rings (SSSR count). The van der Waals surface area contributed by atoms with Crippen molar-refractivity contribution in [2.24, 2.45) is 0 Å². The van der Waals surface area contributed by atoms with Gasteiger partial charge in [-0.2, -0.15) is 28.5 Å². The van der Waals surface area contributed by atoms with E-state index in [2.05, 4.69) is 30.6 Å². The van der Waals surface area contributed by atoms with Crippen molar-refractivity contribution < 1.29 is 23.1 Å². The molecule has 37 heavy (non-hydrogen) atoms. The molecule has 1 atom stereocenters. The Morgan fingerprint density at radius 1 is 1.05 bits per heavy atom. The van der Waals surface area contributed by atoms with E-state index in [4.69, 9.17) is 11.6 Å². The molecule has 2 N–H and O–H groups in total. The number of carbonyl (C=O) groups excluding carboxylic acids is 1. The Kier molecular flexibility index (Phi) is 6.09. The standard InChI is InChI=1S/C23H16ClF3N8O2/c1-12(36)19-15-5-3-2-4-14(15)18(11-28-19)34-20(23(25,26)27)16(10-32-34)22(37)33-13-8-17(24)21(29-9-13)35-30-6-7-31-35/h2-12,36H,1H3,(H,33,37)/t12-/m1/s1. The maximum absolute atomic E-state index is 14.3. The summed E-state index contributed by atoms with van der Waals surface area (Å²) >= 11 is 6.19. The fraction of sp³-hybridized carbons (Fsp3) is 0.130. The van der Waals surface area contributed by atoms with Crippen LogP contribution in [0.3, 0.4) is 0 Å². The Hall–Kier alpha value is -4.36. The highest BCUT2D eigenvalue weighted by Crippen LogP contribution is 2.36. The number of amides is 1. The molecule has 5 aromatic rings. The Bertz CT molecular complexity index is 1620. The monoisotopic (exact) mass is 528 g/mol. The Morgan fingerprint density at radius 2 is 1.76 bits per heavy atom. The number of rotatable bonds is 5. The molecule has 0 unspecified atom stereocenters. The minimum absolute atomic E-state index is 0.00726. The van der Waals surface area contributed by atoms with Crippen LogP contribution in [0.15, 0.2) is 61.3 Å². The van der Waals surface area contributed by atoms with Crippen LogP contribution in [0.25, 0.3) is 22.3 Å². The first-order valence-corrected chi connectivity index (χ1v) is 11.1. The van der Waals surface area contributed by atoms with Crippen LogP contribution in [0.1, 0.15) is 34.8 Å². The molecule has 0 aliphatic heterocycles. The fourth-order valence-electron chi connectivity index (χ4n) is 3.84. The molecule has 14 heteroatoms. The highest BCUT2D eigenvalue weighted by Gasteiger charge is 2.41. The number of alkyl halides is 3. The van der Waals surface area contributed by atoms with Gasteiger partial charge in [0.05, 0.1) is 64.7 Å². The predicted molar refractivity (Wildman–Crippen MR) is 127 cm³/mol. The smallest absolute Gasteiger partial charge is 0.387 e. The molecule has 4 heterocycles. The van der Waals surface area contributed by atoms with Gasteiger partial charge in [0.2, 0.25) is 0 Å². The third-order valence-corrected chi connectivity index (χ3v) is 5.68. The molecule has 0 saturated heterocycles. The van der Waals surface area contributed by atoms with E-state index in [1.165, 1.54) is 37.8 Å². The second-order valence-corrected chi connectivity index (χ2v) is 8.28. The average molecular weight is 529 g/mol. The lowest BCUT2D eigenvalue weighted by atomic mass is 10.1. The SMILES string of the molecule is C[C@@H](O)c1ncc(-n2ncc(C(=O)Nc3cnc(-n4nccn4)c(Cl)c3)c2C(F)(F)F)c2ccccc12. The third-order valence-electron chi connectivity index (χ3n) is 5.40. The molecule has 0 fully saturated rings. The van der Waals surface area contributed by atoms with E-state index in [0.717, 1.165) is 11.0 Å². The van der Waals surface area contributed by atoms with E-state index in [1.807, 2.05) is 0 Å². The number of aliphatic hydroxyl groups excluding tert-OH is 1. The van der Waals surface area contributed by atoms with Crippen LogP contribution in [0.4, 0.5) is 18.9 Å². The number of nitrogens with one attached hydrogen (secondary N) is 1. The zero-order chi connectivity index (χ0) is 26.3. The summed E-state index contributed by atoms with van der Waals surface area (Å²) in [6.07, 6.45) is 0.162. The highest BCUT2D eigenvalue weighted by molar-refractivity contribution is 6.32. The van der Waals surface area contributed by atoms with Gasteiger partial charge < -0.3 is 10.4 Å². The maximum Gasteiger partial charge on any atom is 0.434 e. The van der Waals surface area contributed by atoms with E-state index < -0.39 is 29.4 Å². The van der Waals surface area contributed by atoms with Crippen LogP contribution >= 0.6 is 11.6 Å². The predicted octanol–water partition coefficient (Wildman–Crippen LogP) is 4.37. The second-order valence-electron chi connectivity index (χ2n) is 7.87. The van der Waals surface area contributed by atoms with Gasteiger partial charge in [0.25, 0.3) is 5.91 Å². The number of anilines is 1. The van der Waals surface area contributed by atoms with Crippen LogP contribution in [0.5, 0.6) is 0 Å². The van der Waals surface area contributed by atoms with Crippen molar-refractivity contribution in [3.8, 4) is 11.5 Å². The lowest BCUT2D eigenvalue weighted by molar-refractivity contribution is -0.143. The van der Waals surface area contributed by atoms with Crippen molar-refractivity contribution in [1.82, 2.24) is 34.7 Å². The molecule has 0 radical (unpaired) electrons. The van der Waals surface area contributed by atoms with E-state index in [1.54, 1.807) is 24.3 Å². The van der Waals surface area contributed by atoms with Crippen LogP contribution in [-0.4, -0.2) is 45.8 Å². The van der Waals surface area contributed by atoms with E-state index >= 15 is 0 Å². The number of benzene rings is 1. The number of halogens is 4. The molecule has 4 aromatic heterocycles. The van der Waals surface area contributed by atoms with Gasteiger partial charge in [-0.3, -0.25) is 9.78 Å². The molecule has 0 aliphatic rings. The number of hydrogen-bond donors (Lipinski definition) is 2. The number of carbonyl (C=O) groups is 1. The third kappa shape index (κ3) is 4.49. The lowest BCUT2D eigenvalue weighted by Gasteiger charge is -2.16. The van der Waals surface area contributed by atoms with Gasteiger partial charge in [-0.25, -0.2) is 9.67 Å². The number of nitrogens with zero attached hydrogens (tertiary/aromatic N) is 7. The summed E-state index contributed by atoms with van der Waals surface area (Å²) in [7, 11) is 0. The summed E-state index contributed by atoms with van der Waals surface area (Å²) in [6.45, 7) is 1.51. The van der Waals surface area contributed by atoms with Crippen molar-refractivity contribution in [3.05, 3.63) is 83.3 Å². The van der Waals surface area contributed by atoms with Crippen molar-refractivity contribution in [1.29, 1.82) is 0 Å². The Labute approximate surface area is 211 Å². The van der Waals surface area contributed by atoms with Crippen molar-refractivity contribution in [3.63, 3.8) is 0 Å². The summed E-state index contributed by atoms with van der Waals surface area (Å²) in [5.41, 5.74) is -1.66. The summed E-state index contributed by atoms with van der Waals surface area (Å²) in [5, 5.41) is 25.0. The molecule has 0 saturated carbocycles. The maximum atomic E-state index is 14.3. The first-order chi connectivity index (χ1) is 17.6. The van der Waals surface area contributed by atoms with E-state index in [9.17, 15) is 23.1 Å². The molecule has 1 aromatic carbocycles. The lowest BCUT2D eigenvalue weighted by Crippen LogP contribution is -2.21. The molecule has 0 spiro atoms. The Morgan fingerprint density at radius 3 is 2.41 bits per heavy atom. The van der Waals surface area contributed by atoms with Gasteiger partial charge in [0.15, 0.2) is 11.5 Å².